The number of hydrogen-bond donors (Lipinski definition) is 0. The lowest BCUT2D eigenvalue weighted by atomic mass is 10.1. The van der Waals surface area contributed by atoms with Gasteiger partial charge in [0.15, 0.2) is 0 Å². The summed E-state index contributed by atoms with van der Waals surface area (Å²) >= 11 is 0. The lowest BCUT2D eigenvalue weighted by Gasteiger charge is -2.01. The first-order chi connectivity index (χ1) is 9.81. The normalized spacial score (nSPS) is 10.9. The maximum Gasteiger partial charge on any atom is 0.119 e. The SMILES string of the molecule is CCCCc1ccc(/C=N/c2ccc(OC)cc2)cc1. The zero-order valence-electron chi connectivity index (χ0n) is 12.2. The number of aliphatic imine (C=N–C) groups is 1. The van der Waals surface area contributed by atoms with Crippen molar-refractivity contribution in [2.24, 2.45) is 4.99 Å². The number of unbranched alkanes of at least 4 members (excludes halogenated alkanes) is 1. The number of hydrogen-bond acceptors (Lipinski definition) is 2. The monoisotopic (exact) mass is 267 g/mol. The van der Waals surface area contributed by atoms with Crippen LogP contribution >= 0.6 is 0 Å². The van der Waals surface area contributed by atoms with Crippen molar-refractivity contribution in [3.63, 3.8) is 0 Å². The molecule has 0 spiro atoms. The Hall–Kier alpha value is -2.09. The fraction of sp³-hybridized carbons (Fsp3) is 0.278. The van der Waals surface area contributed by atoms with E-state index in [2.05, 4.69) is 36.2 Å². The van der Waals surface area contributed by atoms with Gasteiger partial charge in [-0.3, -0.25) is 4.99 Å². The van der Waals surface area contributed by atoms with Gasteiger partial charge in [-0.25, -0.2) is 0 Å². The first kappa shape index (κ1) is 14.3. The van der Waals surface area contributed by atoms with E-state index in [4.69, 9.17) is 4.74 Å². The summed E-state index contributed by atoms with van der Waals surface area (Å²) in [6.45, 7) is 2.22. The zero-order chi connectivity index (χ0) is 14.2. The number of rotatable bonds is 6. The summed E-state index contributed by atoms with van der Waals surface area (Å²) in [6.07, 6.45) is 5.54. The van der Waals surface area contributed by atoms with Crippen LogP contribution in [0.4, 0.5) is 5.69 Å². The van der Waals surface area contributed by atoms with Crippen LogP contribution < -0.4 is 4.74 Å². The summed E-state index contributed by atoms with van der Waals surface area (Å²) in [5.74, 6) is 0.851. The van der Waals surface area contributed by atoms with Crippen molar-refractivity contribution in [3.05, 3.63) is 59.7 Å². The summed E-state index contributed by atoms with van der Waals surface area (Å²) < 4.78 is 5.13. The molecular formula is C18H21NO. The molecule has 0 amide bonds. The Bertz CT molecular complexity index is 541. The molecule has 0 unspecified atom stereocenters. The molecule has 0 fully saturated rings. The smallest absolute Gasteiger partial charge is 0.119 e. The maximum absolute atomic E-state index is 5.13. The first-order valence-electron chi connectivity index (χ1n) is 7.09. The second-order valence-electron chi connectivity index (χ2n) is 4.80. The van der Waals surface area contributed by atoms with Crippen LogP contribution in [0.15, 0.2) is 53.5 Å². The van der Waals surface area contributed by atoms with Crippen LogP contribution in [-0.2, 0) is 6.42 Å². The Morgan fingerprint density at radius 2 is 1.70 bits per heavy atom. The second-order valence-corrected chi connectivity index (χ2v) is 4.80. The van der Waals surface area contributed by atoms with Gasteiger partial charge in [0, 0.05) is 6.21 Å². The summed E-state index contributed by atoms with van der Waals surface area (Å²) in [6, 6.07) is 16.4. The molecule has 0 N–H and O–H groups in total. The zero-order valence-corrected chi connectivity index (χ0v) is 12.2. The molecule has 0 saturated heterocycles. The fourth-order valence-corrected chi connectivity index (χ4v) is 1.97. The van der Waals surface area contributed by atoms with Crippen molar-refractivity contribution in [1.29, 1.82) is 0 Å². The Morgan fingerprint density at radius 1 is 1.00 bits per heavy atom. The van der Waals surface area contributed by atoms with Crippen molar-refractivity contribution in [1.82, 2.24) is 0 Å². The van der Waals surface area contributed by atoms with Crippen molar-refractivity contribution in [2.75, 3.05) is 7.11 Å². The lowest BCUT2D eigenvalue weighted by molar-refractivity contribution is 0.415. The summed E-state index contributed by atoms with van der Waals surface area (Å²) in [4.78, 5) is 4.46. The molecule has 2 rings (SSSR count). The Balaban J connectivity index is 1.99. The van der Waals surface area contributed by atoms with Gasteiger partial charge in [-0.1, -0.05) is 37.6 Å². The predicted octanol–water partition coefficient (Wildman–Crippen LogP) is 4.79. The average molecular weight is 267 g/mol. The molecule has 2 nitrogen and oxygen atoms in total. The van der Waals surface area contributed by atoms with E-state index < -0.39 is 0 Å². The number of methoxy groups -OCH3 is 1. The highest BCUT2D eigenvalue weighted by Crippen LogP contribution is 2.17. The fourth-order valence-electron chi connectivity index (χ4n) is 1.97. The summed E-state index contributed by atoms with van der Waals surface area (Å²) in [7, 11) is 1.67. The van der Waals surface area contributed by atoms with E-state index in [1.165, 1.54) is 18.4 Å². The molecule has 0 atom stereocenters. The third-order valence-corrected chi connectivity index (χ3v) is 3.23. The molecule has 2 aromatic carbocycles. The molecule has 0 aliphatic rings. The Labute approximate surface area is 121 Å². The minimum Gasteiger partial charge on any atom is -0.497 e. The van der Waals surface area contributed by atoms with E-state index in [9.17, 15) is 0 Å². The lowest BCUT2D eigenvalue weighted by Crippen LogP contribution is -1.86. The maximum atomic E-state index is 5.13. The molecule has 104 valence electrons. The van der Waals surface area contributed by atoms with Gasteiger partial charge >= 0.3 is 0 Å². The van der Waals surface area contributed by atoms with Gasteiger partial charge in [0.05, 0.1) is 12.8 Å². The minimum atomic E-state index is 0.851. The van der Waals surface area contributed by atoms with E-state index >= 15 is 0 Å². The first-order valence-corrected chi connectivity index (χ1v) is 7.09. The molecule has 0 heterocycles. The second kappa shape index (κ2) is 7.49. The van der Waals surface area contributed by atoms with Crippen molar-refractivity contribution >= 4 is 11.9 Å². The van der Waals surface area contributed by atoms with Gasteiger partial charge < -0.3 is 4.74 Å². The number of aryl methyl sites for hydroxylation is 1. The van der Waals surface area contributed by atoms with E-state index in [0.29, 0.717) is 0 Å². The van der Waals surface area contributed by atoms with Crippen LogP contribution in [0, 0.1) is 0 Å². The average Bonchev–Trinajstić information content (AvgIpc) is 2.52. The number of nitrogens with zero attached hydrogens (tertiary/aromatic N) is 1. The van der Waals surface area contributed by atoms with Crippen LogP contribution in [0.1, 0.15) is 30.9 Å². The Kier molecular flexibility index (Phi) is 5.36. The van der Waals surface area contributed by atoms with E-state index in [0.717, 1.165) is 23.4 Å². The van der Waals surface area contributed by atoms with Gasteiger partial charge in [-0.2, -0.15) is 0 Å². The molecule has 20 heavy (non-hydrogen) atoms. The molecule has 2 aromatic rings. The molecule has 0 radical (unpaired) electrons. The molecule has 0 aliphatic carbocycles. The predicted molar refractivity (Wildman–Crippen MR) is 85.3 cm³/mol. The number of ether oxygens (including phenoxy) is 1. The molecule has 0 aromatic heterocycles. The highest BCUT2D eigenvalue weighted by atomic mass is 16.5. The van der Waals surface area contributed by atoms with Crippen LogP contribution in [0.2, 0.25) is 0 Å². The largest absolute Gasteiger partial charge is 0.497 e. The minimum absolute atomic E-state index is 0.851. The molecule has 0 aliphatic heterocycles. The molecule has 0 saturated carbocycles. The standard InChI is InChI=1S/C18H21NO/c1-3-4-5-15-6-8-16(9-7-15)14-19-17-10-12-18(20-2)13-11-17/h6-14H,3-5H2,1-2H3/b19-14+. The van der Waals surface area contributed by atoms with Gasteiger partial charge in [0.25, 0.3) is 0 Å². The van der Waals surface area contributed by atoms with Crippen LogP contribution in [0.5, 0.6) is 5.75 Å². The number of benzene rings is 2. The highest BCUT2D eigenvalue weighted by Gasteiger charge is 1.94. The van der Waals surface area contributed by atoms with E-state index in [1.54, 1.807) is 7.11 Å². The van der Waals surface area contributed by atoms with Crippen LogP contribution in [0.3, 0.4) is 0 Å². The molecule has 0 bridgehead atoms. The third kappa shape index (κ3) is 4.23. The molecular weight excluding hydrogens is 246 g/mol. The van der Waals surface area contributed by atoms with Gasteiger partial charge in [0.1, 0.15) is 5.75 Å². The topological polar surface area (TPSA) is 21.6 Å². The highest BCUT2D eigenvalue weighted by molar-refractivity contribution is 5.81. The van der Waals surface area contributed by atoms with Crippen molar-refractivity contribution in [3.8, 4) is 5.75 Å². The van der Waals surface area contributed by atoms with E-state index in [-0.39, 0.29) is 0 Å². The Morgan fingerprint density at radius 3 is 2.30 bits per heavy atom. The summed E-state index contributed by atoms with van der Waals surface area (Å²) in [5, 5.41) is 0. The quantitative estimate of drug-likeness (QED) is 0.690. The van der Waals surface area contributed by atoms with Crippen molar-refractivity contribution < 1.29 is 4.74 Å². The molecule has 2 heteroatoms. The van der Waals surface area contributed by atoms with Crippen LogP contribution in [-0.4, -0.2) is 13.3 Å². The van der Waals surface area contributed by atoms with Gasteiger partial charge in [0.2, 0.25) is 0 Å². The third-order valence-electron chi connectivity index (χ3n) is 3.23. The van der Waals surface area contributed by atoms with Crippen LogP contribution in [0.25, 0.3) is 0 Å². The van der Waals surface area contributed by atoms with E-state index in [1.807, 2.05) is 30.5 Å². The van der Waals surface area contributed by atoms with Gasteiger partial charge in [-0.05, 0) is 48.2 Å². The van der Waals surface area contributed by atoms with Crippen molar-refractivity contribution in [2.45, 2.75) is 26.2 Å². The summed E-state index contributed by atoms with van der Waals surface area (Å²) in [5.41, 5.74) is 3.45. The van der Waals surface area contributed by atoms with Gasteiger partial charge in [-0.15, -0.1) is 0 Å².